The molecule has 1 atom stereocenters. The molecule has 0 saturated carbocycles. The van der Waals surface area contributed by atoms with Gasteiger partial charge in [0.25, 0.3) is 0 Å². The molecular formula is C12H21N3O2. The van der Waals surface area contributed by atoms with Gasteiger partial charge in [-0.2, -0.15) is 5.10 Å². The Labute approximate surface area is 102 Å². The van der Waals surface area contributed by atoms with Gasteiger partial charge in [-0.3, -0.25) is 9.89 Å². The van der Waals surface area contributed by atoms with Gasteiger partial charge in [0, 0.05) is 18.2 Å². The molecule has 96 valence electrons. The minimum Gasteiger partial charge on any atom is -0.466 e. The first kappa shape index (κ1) is 13.7. The number of H-pyrrole nitrogens is 1. The highest BCUT2D eigenvalue weighted by Crippen LogP contribution is 2.13. The summed E-state index contributed by atoms with van der Waals surface area (Å²) in [6, 6.07) is -0.0330. The van der Waals surface area contributed by atoms with E-state index in [2.05, 4.69) is 10.2 Å². The summed E-state index contributed by atoms with van der Waals surface area (Å²) in [5, 5.41) is 7.05. The zero-order valence-corrected chi connectivity index (χ0v) is 10.7. The van der Waals surface area contributed by atoms with E-state index in [1.807, 2.05) is 13.8 Å². The highest BCUT2D eigenvalue weighted by Gasteiger charge is 2.13. The molecule has 0 saturated heterocycles. The maximum atomic E-state index is 11.2. The molecule has 1 unspecified atom stereocenters. The number of rotatable bonds is 6. The summed E-state index contributed by atoms with van der Waals surface area (Å²) in [5.41, 5.74) is 9.18. The van der Waals surface area contributed by atoms with Crippen LogP contribution in [-0.4, -0.2) is 28.8 Å². The molecule has 0 aromatic carbocycles. The zero-order chi connectivity index (χ0) is 12.8. The quantitative estimate of drug-likeness (QED) is 0.732. The molecule has 0 fully saturated rings. The van der Waals surface area contributed by atoms with Crippen LogP contribution in [0, 0.1) is 13.8 Å². The Morgan fingerprint density at radius 2 is 2.24 bits per heavy atom. The lowest BCUT2D eigenvalue weighted by Crippen LogP contribution is -2.24. The molecule has 5 heteroatoms. The zero-order valence-electron chi connectivity index (χ0n) is 10.7. The van der Waals surface area contributed by atoms with Crippen LogP contribution >= 0.6 is 0 Å². The van der Waals surface area contributed by atoms with Crippen molar-refractivity contribution in [1.29, 1.82) is 0 Å². The van der Waals surface area contributed by atoms with Crippen LogP contribution in [0.5, 0.6) is 0 Å². The van der Waals surface area contributed by atoms with Gasteiger partial charge in [-0.05, 0) is 39.2 Å². The number of aryl methyl sites for hydroxylation is 2. The second-order valence-electron chi connectivity index (χ2n) is 4.22. The third-order valence-corrected chi connectivity index (χ3v) is 2.77. The lowest BCUT2D eigenvalue weighted by Gasteiger charge is -2.11. The minimum absolute atomic E-state index is 0.0330. The predicted octanol–water partition coefficient (Wildman–Crippen LogP) is 1.24. The largest absolute Gasteiger partial charge is 0.466 e. The summed E-state index contributed by atoms with van der Waals surface area (Å²) in [7, 11) is 0. The summed E-state index contributed by atoms with van der Waals surface area (Å²) in [6.07, 6.45) is 1.77. The van der Waals surface area contributed by atoms with E-state index in [0.29, 0.717) is 19.4 Å². The molecule has 1 heterocycles. The summed E-state index contributed by atoms with van der Waals surface area (Å²) < 4.78 is 4.86. The summed E-state index contributed by atoms with van der Waals surface area (Å²) in [4.78, 5) is 11.2. The van der Waals surface area contributed by atoms with Crippen molar-refractivity contribution in [3.8, 4) is 0 Å². The monoisotopic (exact) mass is 239 g/mol. The molecule has 0 aliphatic heterocycles. The predicted molar refractivity (Wildman–Crippen MR) is 65.6 cm³/mol. The lowest BCUT2D eigenvalue weighted by atomic mass is 10.0. The number of aromatic nitrogens is 2. The number of nitrogens with one attached hydrogen (secondary N) is 1. The molecule has 17 heavy (non-hydrogen) atoms. The van der Waals surface area contributed by atoms with Crippen molar-refractivity contribution in [1.82, 2.24) is 10.2 Å². The Balaban J connectivity index is 2.40. The van der Waals surface area contributed by atoms with Gasteiger partial charge in [0.15, 0.2) is 0 Å². The Morgan fingerprint density at radius 1 is 1.53 bits per heavy atom. The van der Waals surface area contributed by atoms with Crippen LogP contribution in [0.2, 0.25) is 0 Å². The van der Waals surface area contributed by atoms with Gasteiger partial charge in [-0.25, -0.2) is 0 Å². The van der Waals surface area contributed by atoms with E-state index in [4.69, 9.17) is 10.5 Å². The highest BCUT2D eigenvalue weighted by molar-refractivity contribution is 5.69. The number of hydrogen-bond donors (Lipinski definition) is 2. The van der Waals surface area contributed by atoms with Gasteiger partial charge >= 0.3 is 5.97 Å². The van der Waals surface area contributed by atoms with Crippen LogP contribution in [0.15, 0.2) is 0 Å². The van der Waals surface area contributed by atoms with E-state index in [9.17, 15) is 4.79 Å². The fourth-order valence-corrected chi connectivity index (χ4v) is 1.78. The molecule has 0 aliphatic rings. The summed E-state index contributed by atoms with van der Waals surface area (Å²) >= 11 is 0. The van der Waals surface area contributed by atoms with E-state index in [1.165, 1.54) is 0 Å². The fraction of sp³-hybridized carbons (Fsp3) is 0.667. The summed E-state index contributed by atoms with van der Waals surface area (Å²) in [5.74, 6) is -0.177. The molecule has 1 aromatic rings. The van der Waals surface area contributed by atoms with E-state index in [-0.39, 0.29) is 12.0 Å². The average Bonchev–Trinajstić information content (AvgIpc) is 2.58. The van der Waals surface area contributed by atoms with Gasteiger partial charge in [0.1, 0.15) is 0 Å². The van der Waals surface area contributed by atoms with Gasteiger partial charge < -0.3 is 10.5 Å². The van der Waals surface area contributed by atoms with Crippen molar-refractivity contribution in [2.45, 2.75) is 46.1 Å². The molecule has 0 radical (unpaired) electrons. The first-order valence-electron chi connectivity index (χ1n) is 5.96. The molecule has 5 nitrogen and oxygen atoms in total. The normalized spacial score (nSPS) is 12.5. The van der Waals surface area contributed by atoms with Crippen LogP contribution in [0.3, 0.4) is 0 Å². The number of aromatic amines is 1. The Morgan fingerprint density at radius 3 is 2.76 bits per heavy atom. The maximum absolute atomic E-state index is 11.2. The number of nitrogens with two attached hydrogens (primary N) is 1. The van der Waals surface area contributed by atoms with Crippen molar-refractivity contribution < 1.29 is 9.53 Å². The number of hydrogen-bond acceptors (Lipinski definition) is 4. The molecule has 1 aromatic heterocycles. The lowest BCUT2D eigenvalue weighted by molar-refractivity contribution is -0.143. The third kappa shape index (κ3) is 4.19. The number of ether oxygens (including phenoxy) is 1. The Kier molecular flexibility index (Phi) is 5.15. The second-order valence-corrected chi connectivity index (χ2v) is 4.22. The smallest absolute Gasteiger partial charge is 0.305 e. The molecule has 1 rings (SSSR count). The molecule has 0 spiro atoms. The maximum Gasteiger partial charge on any atom is 0.305 e. The number of nitrogens with zero attached hydrogens (tertiary/aromatic N) is 1. The topological polar surface area (TPSA) is 81.0 Å². The second kappa shape index (κ2) is 6.39. The number of carbonyl (C=O) groups excluding carboxylic acids is 1. The van der Waals surface area contributed by atoms with Crippen molar-refractivity contribution in [3.05, 3.63) is 17.0 Å². The SMILES string of the molecule is CCOC(=O)CCC(N)Cc1c(C)n[nH]c1C. The number of carbonyl (C=O) groups is 1. The summed E-state index contributed by atoms with van der Waals surface area (Å²) in [6.45, 7) is 6.16. The van der Waals surface area contributed by atoms with E-state index in [0.717, 1.165) is 23.4 Å². The molecular weight excluding hydrogens is 218 g/mol. The molecule has 3 N–H and O–H groups in total. The molecule has 0 bridgehead atoms. The highest BCUT2D eigenvalue weighted by atomic mass is 16.5. The van der Waals surface area contributed by atoms with Crippen LogP contribution in [-0.2, 0) is 16.0 Å². The Hall–Kier alpha value is -1.36. The first-order chi connectivity index (χ1) is 8.04. The van der Waals surface area contributed by atoms with Crippen molar-refractivity contribution in [3.63, 3.8) is 0 Å². The van der Waals surface area contributed by atoms with Crippen LogP contribution in [0.4, 0.5) is 0 Å². The van der Waals surface area contributed by atoms with Gasteiger partial charge in [-0.1, -0.05) is 0 Å². The first-order valence-corrected chi connectivity index (χ1v) is 5.96. The molecule has 0 aliphatic carbocycles. The average molecular weight is 239 g/mol. The fourth-order valence-electron chi connectivity index (χ4n) is 1.78. The van der Waals surface area contributed by atoms with Gasteiger partial charge in [0.2, 0.25) is 0 Å². The van der Waals surface area contributed by atoms with Gasteiger partial charge in [-0.15, -0.1) is 0 Å². The van der Waals surface area contributed by atoms with E-state index >= 15 is 0 Å². The molecule has 0 amide bonds. The van der Waals surface area contributed by atoms with Crippen molar-refractivity contribution in [2.75, 3.05) is 6.61 Å². The van der Waals surface area contributed by atoms with Crippen LogP contribution < -0.4 is 5.73 Å². The van der Waals surface area contributed by atoms with Crippen LogP contribution in [0.1, 0.15) is 36.7 Å². The van der Waals surface area contributed by atoms with E-state index < -0.39 is 0 Å². The Bertz CT molecular complexity index is 354. The van der Waals surface area contributed by atoms with E-state index in [1.54, 1.807) is 6.92 Å². The van der Waals surface area contributed by atoms with Gasteiger partial charge in [0.05, 0.1) is 12.3 Å². The number of esters is 1. The standard InChI is InChI=1S/C12H21N3O2/c1-4-17-12(16)6-5-10(13)7-11-8(2)14-15-9(11)3/h10H,4-7,13H2,1-3H3,(H,14,15). The van der Waals surface area contributed by atoms with Crippen molar-refractivity contribution in [2.24, 2.45) is 5.73 Å². The van der Waals surface area contributed by atoms with Crippen molar-refractivity contribution >= 4 is 5.97 Å². The third-order valence-electron chi connectivity index (χ3n) is 2.77. The van der Waals surface area contributed by atoms with Crippen LogP contribution in [0.25, 0.3) is 0 Å². The minimum atomic E-state index is -0.177.